The molecule has 0 heterocycles. The van der Waals surface area contributed by atoms with Gasteiger partial charge in [0.25, 0.3) is 0 Å². The Morgan fingerprint density at radius 2 is 1.72 bits per heavy atom. The van der Waals surface area contributed by atoms with Gasteiger partial charge in [-0.15, -0.1) is 13.2 Å². The van der Waals surface area contributed by atoms with Crippen LogP contribution in [0.15, 0.2) is 18.2 Å². The summed E-state index contributed by atoms with van der Waals surface area (Å²) in [4.78, 5) is 0. The van der Waals surface area contributed by atoms with E-state index < -0.39 is 35.8 Å². The third-order valence-electron chi connectivity index (χ3n) is 1.88. The van der Waals surface area contributed by atoms with Crippen molar-refractivity contribution < 1.29 is 31.1 Å². The van der Waals surface area contributed by atoms with Crippen LogP contribution in [0.25, 0.3) is 0 Å². The Hall–Kier alpha value is -1.91. The number of halogens is 6. The molecular formula is C10H5F6NO. The highest BCUT2D eigenvalue weighted by molar-refractivity contribution is 5.40. The van der Waals surface area contributed by atoms with Crippen molar-refractivity contribution in [1.82, 2.24) is 0 Å². The summed E-state index contributed by atoms with van der Waals surface area (Å²) >= 11 is 0. The molecule has 18 heavy (non-hydrogen) atoms. The molecule has 0 radical (unpaired) electrons. The molecule has 1 rings (SSSR count). The van der Waals surface area contributed by atoms with E-state index in [0.717, 1.165) is 0 Å². The van der Waals surface area contributed by atoms with Gasteiger partial charge in [-0.05, 0) is 18.2 Å². The maximum absolute atomic E-state index is 12.3. The van der Waals surface area contributed by atoms with E-state index in [1.54, 1.807) is 0 Å². The number of hydrogen-bond donors (Lipinski definition) is 0. The fraction of sp³-hybridized carbons (Fsp3) is 0.300. The Kier molecular flexibility index (Phi) is 3.74. The molecule has 0 fully saturated rings. The van der Waals surface area contributed by atoms with Crippen molar-refractivity contribution in [3.05, 3.63) is 29.3 Å². The maximum Gasteiger partial charge on any atom is 0.573 e. The molecule has 1 aromatic rings. The Bertz CT molecular complexity index is 471. The summed E-state index contributed by atoms with van der Waals surface area (Å²) in [5.41, 5.74) is -1.60. The number of hydrogen-bond acceptors (Lipinski definition) is 2. The van der Waals surface area contributed by atoms with E-state index in [1.807, 2.05) is 0 Å². The third kappa shape index (κ3) is 3.84. The molecule has 0 saturated heterocycles. The van der Waals surface area contributed by atoms with Crippen LogP contribution in [0.5, 0.6) is 5.75 Å². The second-order valence-corrected chi connectivity index (χ2v) is 3.20. The Labute approximate surface area is 97.4 Å². The molecule has 0 aliphatic rings. The van der Waals surface area contributed by atoms with Crippen molar-refractivity contribution in [3.8, 4) is 11.8 Å². The highest BCUT2D eigenvalue weighted by Gasteiger charge is 2.34. The predicted octanol–water partition coefficient (Wildman–Crippen LogP) is 3.67. The topological polar surface area (TPSA) is 33.0 Å². The molecule has 0 amide bonds. The van der Waals surface area contributed by atoms with Gasteiger partial charge in [-0.2, -0.15) is 18.4 Å². The molecule has 0 atom stereocenters. The van der Waals surface area contributed by atoms with Crippen LogP contribution in [0.4, 0.5) is 26.3 Å². The van der Waals surface area contributed by atoms with Crippen LogP contribution in [0.2, 0.25) is 0 Å². The van der Waals surface area contributed by atoms with Crippen LogP contribution in [-0.2, 0) is 12.6 Å². The van der Waals surface area contributed by atoms with Crippen molar-refractivity contribution in [2.24, 2.45) is 0 Å². The first kappa shape index (κ1) is 14.2. The first-order valence-corrected chi connectivity index (χ1v) is 4.46. The normalized spacial score (nSPS) is 12.1. The van der Waals surface area contributed by atoms with Gasteiger partial charge < -0.3 is 4.74 Å². The standard InChI is InChI=1S/C10H5F6NO/c11-9(12,13)7-1-2-8(18-10(14,15)16)6(5-7)3-4-17/h1-2,5H,3H2. The van der Waals surface area contributed by atoms with Gasteiger partial charge in [-0.25, -0.2) is 0 Å². The van der Waals surface area contributed by atoms with E-state index >= 15 is 0 Å². The summed E-state index contributed by atoms with van der Waals surface area (Å²) in [6.45, 7) is 0. The van der Waals surface area contributed by atoms with E-state index in [2.05, 4.69) is 4.74 Å². The van der Waals surface area contributed by atoms with Crippen LogP contribution >= 0.6 is 0 Å². The molecule has 0 aliphatic carbocycles. The minimum Gasteiger partial charge on any atom is -0.405 e. The van der Waals surface area contributed by atoms with E-state index in [-0.39, 0.29) is 0 Å². The Morgan fingerprint density at radius 1 is 1.11 bits per heavy atom. The molecule has 0 saturated carbocycles. The Morgan fingerprint density at radius 3 is 2.17 bits per heavy atom. The molecule has 0 bridgehead atoms. The summed E-state index contributed by atoms with van der Waals surface area (Å²) in [5, 5.41) is 8.37. The lowest BCUT2D eigenvalue weighted by molar-refractivity contribution is -0.274. The highest BCUT2D eigenvalue weighted by Crippen LogP contribution is 2.34. The largest absolute Gasteiger partial charge is 0.573 e. The van der Waals surface area contributed by atoms with Gasteiger partial charge in [0.2, 0.25) is 0 Å². The zero-order valence-electron chi connectivity index (χ0n) is 8.56. The van der Waals surface area contributed by atoms with E-state index in [1.165, 1.54) is 6.07 Å². The van der Waals surface area contributed by atoms with Crippen LogP contribution in [-0.4, -0.2) is 6.36 Å². The van der Waals surface area contributed by atoms with Gasteiger partial charge in [-0.1, -0.05) is 0 Å². The molecule has 0 N–H and O–H groups in total. The van der Waals surface area contributed by atoms with E-state index in [9.17, 15) is 26.3 Å². The van der Waals surface area contributed by atoms with Crippen LogP contribution in [0.1, 0.15) is 11.1 Å². The van der Waals surface area contributed by atoms with E-state index in [4.69, 9.17) is 5.26 Å². The van der Waals surface area contributed by atoms with E-state index in [0.29, 0.717) is 18.2 Å². The van der Waals surface area contributed by atoms with Crippen LogP contribution in [0.3, 0.4) is 0 Å². The number of nitrogens with zero attached hydrogens (tertiary/aromatic N) is 1. The number of rotatable bonds is 2. The van der Waals surface area contributed by atoms with Crippen molar-refractivity contribution in [2.75, 3.05) is 0 Å². The van der Waals surface area contributed by atoms with Gasteiger partial charge in [0.05, 0.1) is 18.1 Å². The minimum absolute atomic E-state index is 0.460. The molecule has 8 heteroatoms. The number of alkyl halides is 6. The summed E-state index contributed by atoms with van der Waals surface area (Å²) < 4.78 is 76.4. The summed E-state index contributed by atoms with van der Waals surface area (Å²) in [6.07, 6.45) is -10.3. The molecule has 0 aromatic heterocycles. The molecule has 1 aromatic carbocycles. The number of ether oxygens (including phenoxy) is 1. The predicted molar refractivity (Wildman–Crippen MR) is 47.4 cm³/mol. The molecule has 0 aliphatic heterocycles. The molecule has 0 spiro atoms. The molecule has 2 nitrogen and oxygen atoms in total. The van der Waals surface area contributed by atoms with Gasteiger partial charge in [0.1, 0.15) is 5.75 Å². The van der Waals surface area contributed by atoms with Crippen LogP contribution < -0.4 is 4.74 Å². The summed E-state index contributed by atoms with van der Waals surface area (Å²) in [5.74, 6) is -0.808. The first-order chi connectivity index (χ1) is 8.13. The highest BCUT2D eigenvalue weighted by atomic mass is 19.4. The molecule has 0 unspecified atom stereocenters. The van der Waals surface area contributed by atoms with Crippen molar-refractivity contribution >= 4 is 0 Å². The minimum atomic E-state index is -5.02. The lowest BCUT2D eigenvalue weighted by Gasteiger charge is -2.14. The number of nitriles is 1. The zero-order chi connectivity index (χ0) is 14.0. The molecule has 98 valence electrons. The van der Waals surface area contributed by atoms with Gasteiger partial charge in [0.15, 0.2) is 0 Å². The third-order valence-corrected chi connectivity index (χ3v) is 1.88. The van der Waals surface area contributed by atoms with Gasteiger partial charge in [-0.3, -0.25) is 0 Å². The second kappa shape index (κ2) is 4.76. The smallest absolute Gasteiger partial charge is 0.405 e. The maximum atomic E-state index is 12.3. The lowest BCUT2D eigenvalue weighted by atomic mass is 10.1. The average Bonchev–Trinajstić information content (AvgIpc) is 2.17. The summed E-state index contributed by atoms with van der Waals surface area (Å²) in [7, 11) is 0. The SMILES string of the molecule is N#CCc1cc(C(F)(F)F)ccc1OC(F)(F)F. The monoisotopic (exact) mass is 269 g/mol. The van der Waals surface area contributed by atoms with Gasteiger partial charge in [0, 0.05) is 5.56 Å². The lowest BCUT2D eigenvalue weighted by Crippen LogP contribution is -2.18. The van der Waals surface area contributed by atoms with Gasteiger partial charge >= 0.3 is 12.5 Å². The van der Waals surface area contributed by atoms with Crippen molar-refractivity contribution in [3.63, 3.8) is 0 Å². The zero-order valence-corrected chi connectivity index (χ0v) is 8.56. The molecular weight excluding hydrogens is 264 g/mol. The first-order valence-electron chi connectivity index (χ1n) is 4.46. The van der Waals surface area contributed by atoms with Crippen LogP contribution in [0, 0.1) is 11.3 Å². The average molecular weight is 269 g/mol. The van der Waals surface area contributed by atoms with Crippen molar-refractivity contribution in [1.29, 1.82) is 5.26 Å². The number of benzene rings is 1. The fourth-order valence-corrected chi connectivity index (χ4v) is 1.20. The second-order valence-electron chi connectivity index (χ2n) is 3.20. The van der Waals surface area contributed by atoms with Crippen molar-refractivity contribution in [2.45, 2.75) is 19.0 Å². The quantitative estimate of drug-likeness (QED) is 0.767. The summed E-state index contributed by atoms with van der Waals surface area (Å²) in [6, 6.07) is 2.94. The fourth-order valence-electron chi connectivity index (χ4n) is 1.20. The Balaban J connectivity index is 3.17.